The van der Waals surface area contributed by atoms with Crippen LogP contribution in [0.4, 0.5) is 5.69 Å². The van der Waals surface area contributed by atoms with E-state index >= 15 is 0 Å². The van der Waals surface area contributed by atoms with Crippen LogP contribution in [0.2, 0.25) is 0 Å². The normalized spacial score (nSPS) is 20.3. The first-order valence-electron chi connectivity index (χ1n) is 10.2. The maximum absolute atomic E-state index is 12.2. The molecule has 0 aliphatic carbocycles. The molecular formula is C22H35N3O2. The van der Waals surface area contributed by atoms with Crippen LogP contribution in [-0.4, -0.2) is 42.9 Å². The molecule has 1 saturated heterocycles. The van der Waals surface area contributed by atoms with Crippen LogP contribution >= 0.6 is 0 Å². The van der Waals surface area contributed by atoms with Crippen LogP contribution in [0.5, 0.6) is 0 Å². The Hall–Kier alpha value is -1.88. The summed E-state index contributed by atoms with van der Waals surface area (Å²) in [6, 6.07) is 4.01. The van der Waals surface area contributed by atoms with Gasteiger partial charge in [-0.25, -0.2) is 0 Å². The van der Waals surface area contributed by atoms with E-state index in [4.69, 9.17) is 0 Å². The number of nitrogens with one attached hydrogen (secondary N) is 2. The number of hydrogen-bond donors (Lipinski definition) is 2. The number of aryl methyl sites for hydroxylation is 3. The van der Waals surface area contributed by atoms with Gasteiger partial charge in [-0.3, -0.25) is 9.59 Å². The Morgan fingerprint density at radius 3 is 2.19 bits per heavy atom. The molecule has 5 nitrogen and oxygen atoms in total. The highest BCUT2D eigenvalue weighted by molar-refractivity contribution is 6.39. The predicted octanol–water partition coefficient (Wildman–Crippen LogP) is 3.42. The molecule has 1 aliphatic rings. The second-order valence-corrected chi connectivity index (χ2v) is 8.40. The summed E-state index contributed by atoms with van der Waals surface area (Å²) >= 11 is 0. The first-order chi connectivity index (χ1) is 12.8. The summed E-state index contributed by atoms with van der Waals surface area (Å²) < 4.78 is 0. The lowest BCUT2D eigenvalue weighted by Gasteiger charge is -2.34. The molecule has 2 rings (SSSR count). The van der Waals surface area contributed by atoms with Crippen molar-refractivity contribution in [1.29, 1.82) is 0 Å². The van der Waals surface area contributed by atoms with Crippen LogP contribution in [0.25, 0.3) is 0 Å². The van der Waals surface area contributed by atoms with E-state index in [1.54, 1.807) is 0 Å². The third-order valence-electron chi connectivity index (χ3n) is 5.25. The van der Waals surface area contributed by atoms with Crippen molar-refractivity contribution in [3.05, 3.63) is 28.8 Å². The Kier molecular flexibility index (Phi) is 7.84. The maximum atomic E-state index is 12.2. The maximum Gasteiger partial charge on any atom is 0.313 e. The van der Waals surface area contributed by atoms with Crippen molar-refractivity contribution < 1.29 is 9.59 Å². The zero-order chi connectivity index (χ0) is 20.0. The molecule has 1 aromatic rings. The van der Waals surface area contributed by atoms with E-state index in [0.29, 0.717) is 6.54 Å². The zero-order valence-corrected chi connectivity index (χ0v) is 17.5. The summed E-state index contributed by atoms with van der Waals surface area (Å²) in [6.45, 7) is 14.5. The van der Waals surface area contributed by atoms with E-state index in [1.165, 1.54) is 19.5 Å². The molecule has 1 aliphatic heterocycles. The fraction of sp³-hybridized carbons (Fsp3) is 0.636. The number of amides is 2. The average molecular weight is 374 g/mol. The average Bonchev–Trinajstić information content (AvgIpc) is 2.56. The topological polar surface area (TPSA) is 61.4 Å². The largest absolute Gasteiger partial charge is 0.348 e. The second kappa shape index (κ2) is 9.88. The fourth-order valence-corrected chi connectivity index (χ4v) is 4.26. The van der Waals surface area contributed by atoms with Crippen molar-refractivity contribution in [2.75, 3.05) is 31.5 Å². The molecule has 2 atom stereocenters. The van der Waals surface area contributed by atoms with Gasteiger partial charge >= 0.3 is 11.8 Å². The summed E-state index contributed by atoms with van der Waals surface area (Å²) in [5.41, 5.74) is 3.82. The van der Waals surface area contributed by atoms with Gasteiger partial charge in [0.2, 0.25) is 0 Å². The number of benzene rings is 1. The van der Waals surface area contributed by atoms with E-state index < -0.39 is 11.8 Å². The third-order valence-corrected chi connectivity index (χ3v) is 5.25. The zero-order valence-electron chi connectivity index (χ0n) is 17.5. The third kappa shape index (κ3) is 6.65. The summed E-state index contributed by atoms with van der Waals surface area (Å²) in [5.74, 6) is 0.384. The number of carbonyl (C=O) groups is 2. The van der Waals surface area contributed by atoms with Gasteiger partial charge in [0.1, 0.15) is 0 Å². The molecule has 1 aromatic carbocycles. The van der Waals surface area contributed by atoms with Gasteiger partial charge in [0, 0.05) is 25.3 Å². The Bertz CT molecular complexity index is 639. The van der Waals surface area contributed by atoms with Crippen molar-refractivity contribution in [2.24, 2.45) is 11.8 Å². The van der Waals surface area contributed by atoms with Gasteiger partial charge in [0.15, 0.2) is 0 Å². The minimum Gasteiger partial charge on any atom is -0.348 e. The van der Waals surface area contributed by atoms with E-state index in [-0.39, 0.29) is 0 Å². The number of rotatable bonds is 6. The molecule has 2 N–H and O–H groups in total. The van der Waals surface area contributed by atoms with Crippen LogP contribution in [0.3, 0.4) is 0 Å². The number of unbranched alkanes of at least 4 members (excludes halogenated alkanes) is 1. The molecule has 2 amide bonds. The highest BCUT2D eigenvalue weighted by Crippen LogP contribution is 2.22. The lowest BCUT2D eigenvalue weighted by atomic mass is 9.92. The summed E-state index contributed by atoms with van der Waals surface area (Å²) in [4.78, 5) is 26.7. The van der Waals surface area contributed by atoms with Crippen molar-refractivity contribution in [3.8, 4) is 0 Å². The molecule has 1 fully saturated rings. The Balaban J connectivity index is 1.69. The van der Waals surface area contributed by atoms with Gasteiger partial charge in [0.05, 0.1) is 0 Å². The van der Waals surface area contributed by atoms with Crippen molar-refractivity contribution in [3.63, 3.8) is 0 Å². The number of likely N-dealkylation sites (tertiary alicyclic amines) is 1. The number of carbonyl (C=O) groups excluding carboxylic acids is 2. The first-order valence-corrected chi connectivity index (χ1v) is 10.2. The minimum absolute atomic E-state index is 0.539. The summed E-state index contributed by atoms with van der Waals surface area (Å²) in [5, 5.41) is 5.49. The van der Waals surface area contributed by atoms with E-state index in [1.807, 2.05) is 32.9 Å². The SMILES string of the molecule is Cc1cc(C)c(NC(=O)C(=O)NCCCCN2CC(C)CC(C)C2)c(C)c1. The minimum atomic E-state index is -0.594. The van der Waals surface area contributed by atoms with Gasteiger partial charge in [-0.1, -0.05) is 31.5 Å². The molecule has 150 valence electrons. The summed E-state index contributed by atoms with van der Waals surface area (Å²) in [7, 11) is 0. The Morgan fingerprint density at radius 1 is 1.00 bits per heavy atom. The molecular weight excluding hydrogens is 338 g/mol. The standard InChI is InChI=1S/C22H35N3O2/c1-15-11-18(4)20(19(5)12-15)24-22(27)21(26)23-8-6-7-9-25-13-16(2)10-17(3)14-25/h11-12,16-17H,6-10,13-14H2,1-5H3,(H,23,26)(H,24,27). The van der Waals surface area contributed by atoms with E-state index in [0.717, 1.165) is 53.6 Å². The molecule has 27 heavy (non-hydrogen) atoms. The number of nitrogens with zero attached hydrogens (tertiary/aromatic N) is 1. The predicted molar refractivity (Wildman–Crippen MR) is 111 cm³/mol. The highest BCUT2D eigenvalue weighted by atomic mass is 16.2. The first kappa shape index (κ1) is 21.4. The van der Waals surface area contributed by atoms with Crippen molar-refractivity contribution in [1.82, 2.24) is 10.2 Å². The van der Waals surface area contributed by atoms with Crippen LogP contribution in [0, 0.1) is 32.6 Å². The monoisotopic (exact) mass is 373 g/mol. The van der Waals surface area contributed by atoms with E-state index in [2.05, 4.69) is 29.4 Å². The fourth-order valence-electron chi connectivity index (χ4n) is 4.26. The molecule has 0 aromatic heterocycles. The van der Waals surface area contributed by atoms with Gasteiger partial charge in [-0.2, -0.15) is 0 Å². The molecule has 0 bridgehead atoms. The van der Waals surface area contributed by atoms with Crippen LogP contribution in [0.15, 0.2) is 12.1 Å². The smallest absolute Gasteiger partial charge is 0.313 e. The molecule has 0 spiro atoms. The Labute approximate surface area is 163 Å². The molecule has 2 unspecified atom stereocenters. The Morgan fingerprint density at radius 2 is 1.59 bits per heavy atom. The molecule has 5 heteroatoms. The van der Waals surface area contributed by atoms with Crippen LogP contribution in [0.1, 0.15) is 49.8 Å². The van der Waals surface area contributed by atoms with Gasteiger partial charge < -0.3 is 15.5 Å². The lowest BCUT2D eigenvalue weighted by Crippen LogP contribution is -2.39. The van der Waals surface area contributed by atoms with Gasteiger partial charge in [-0.15, -0.1) is 0 Å². The van der Waals surface area contributed by atoms with Gasteiger partial charge in [-0.05, 0) is 69.5 Å². The van der Waals surface area contributed by atoms with Crippen molar-refractivity contribution >= 4 is 17.5 Å². The van der Waals surface area contributed by atoms with Crippen LogP contribution in [-0.2, 0) is 9.59 Å². The molecule has 0 radical (unpaired) electrons. The van der Waals surface area contributed by atoms with Crippen molar-refractivity contribution in [2.45, 2.75) is 53.9 Å². The molecule has 0 saturated carbocycles. The highest BCUT2D eigenvalue weighted by Gasteiger charge is 2.21. The number of hydrogen-bond acceptors (Lipinski definition) is 3. The van der Waals surface area contributed by atoms with Gasteiger partial charge in [0.25, 0.3) is 0 Å². The quantitative estimate of drug-likeness (QED) is 0.593. The second-order valence-electron chi connectivity index (χ2n) is 8.40. The number of anilines is 1. The lowest BCUT2D eigenvalue weighted by molar-refractivity contribution is -0.136. The summed E-state index contributed by atoms with van der Waals surface area (Å²) in [6.07, 6.45) is 3.25. The number of piperidine rings is 1. The molecule has 1 heterocycles. The van der Waals surface area contributed by atoms with E-state index in [9.17, 15) is 9.59 Å². The van der Waals surface area contributed by atoms with Crippen LogP contribution < -0.4 is 10.6 Å².